The Kier molecular flexibility index (Phi) is 5.22. The maximum Gasteiger partial charge on any atom is 0.348 e. The van der Waals surface area contributed by atoms with E-state index in [2.05, 4.69) is 4.98 Å². The van der Waals surface area contributed by atoms with Crippen LogP contribution in [0.5, 0.6) is 0 Å². The third-order valence-corrected chi connectivity index (χ3v) is 7.27. The van der Waals surface area contributed by atoms with Gasteiger partial charge in [-0.25, -0.2) is 14.2 Å². The van der Waals surface area contributed by atoms with Gasteiger partial charge in [0, 0.05) is 22.9 Å². The molecule has 0 fully saturated rings. The molecule has 1 aromatic carbocycles. The Labute approximate surface area is 171 Å². The second kappa shape index (κ2) is 7.65. The number of ether oxygens (including phenoxy) is 1. The summed E-state index contributed by atoms with van der Waals surface area (Å²) >= 11 is 3.92. The molecule has 0 saturated carbocycles. The van der Waals surface area contributed by atoms with Gasteiger partial charge in [0.05, 0.1) is 12.0 Å². The maximum absolute atomic E-state index is 14.5. The Morgan fingerprint density at radius 1 is 1.36 bits per heavy atom. The second-order valence-corrected chi connectivity index (χ2v) is 8.82. The van der Waals surface area contributed by atoms with Crippen molar-refractivity contribution >= 4 is 60.7 Å². The van der Waals surface area contributed by atoms with Crippen LogP contribution in [0, 0.1) is 5.82 Å². The fraction of sp³-hybridized carbons (Fsp3) is 0.211. The van der Waals surface area contributed by atoms with Gasteiger partial charge in [0.25, 0.3) is 5.56 Å². The number of carbonyl (C=O) groups excluding carboxylic acids is 1. The minimum Gasteiger partial charge on any atom is -0.462 e. The van der Waals surface area contributed by atoms with Gasteiger partial charge in [-0.1, -0.05) is 17.8 Å². The van der Waals surface area contributed by atoms with Crippen LogP contribution < -0.4 is 5.56 Å². The van der Waals surface area contributed by atoms with E-state index in [-0.39, 0.29) is 18.0 Å². The first-order valence-corrected chi connectivity index (χ1v) is 11.1. The van der Waals surface area contributed by atoms with E-state index in [1.807, 2.05) is 5.38 Å². The molecule has 0 amide bonds. The number of carbonyl (C=O) groups is 1. The Balaban J connectivity index is 1.77. The Morgan fingerprint density at radius 2 is 2.18 bits per heavy atom. The molecule has 3 aromatic heterocycles. The Hall–Kier alpha value is -2.23. The number of thiophene rings is 2. The summed E-state index contributed by atoms with van der Waals surface area (Å²) in [4.78, 5) is 30.5. The predicted molar refractivity (Wildman–Crippen MR) is 112 cm³/mol. The fourth-order valence-corrected chi connectivity index (χ4v) is 5.94. The quantitative estimate of drug-likeness (QED) is 0.256. The molecule has 0 unspecified atom stereocenters. The van der Waals surface area contributed by atoms with Gasteiger partial charge in [-0.2, -0.15) is 0 Å². The number of esters is 1. The van der Waals surface area contributed by atoms with Crippen molar-refractivity contribution in [2.24, 2.45) is 7.05 Å². The summed E-state index contributed by atoms with van der Waals surface area (Å²) in [5.41, 5.74) is 0.447. The van der Waals surface area contributed by atoms with Gasteiger partial charge in [-0.3, -0.25) is 9.36 Å². The molecule has 0 atom stereocenters. The van der Waals surface area contributed by atoms with Crippen molar-refractivity contribution in [3.63, 3.8) is 0 Å². The molecule has 28 heavy (non-hydrogen) atoms. The highest BCUT2D eigenvalue weighted by molar-refractivity contribution is 7.98. The van der Waals surface area contributed by atoms with E-state index in [1.165, 1.54) is 45.1 Å². The molecule has 0 N–H and O–H groups in total. The minimum atomic E-state index is -0.464. The number of thioether (sulfide) groups is 1. The zero-order chi connectivity index (χ0) is 19.8. The SMILES string of the molecule is CCOC(=O)c1sc2cccc(F)c2c1CSc1nc2sccc2c(=O)n1C. The van der Waals surface area contributed by atoms with E-state index < -0.39 is 5.97 Å². The first-order chi connectivity index (χ1) is 13.5. The van der Waals surface area contributed by atoms with Crippen LogP contribution in [0.25, 0.3) is 20.3 Å². The molecule has 4 rings (SSSR count). The third kappa shape index (κ3) is 3.23. The van der Waals surface area contributed by atoms with Crippen LogP contribution in [0.3, 0.4) is 0 Å². The molecule has 0 radical (unpaired) electrons. The first kappa shape index (κ1) is 19.1. The van der Waals surface area contributed by atoms with E-state index >= 15 is 0 Å². The summed E-state index contributed by atoms with van der Waals surface area (Å²) in [7, 11) is 1.66. The zero-order valence-corrected chi connectivity index (χ0v) is 17.5. The number of hydrogen-bond donors (Lipinski definition) is 0. The van der Waals surface area contributed by atoms with E-state index in [4.69, 9.17) is 4.74 Å². The molecule has 4 aromatic rings. The van der Waals surface area contributed by atoms with Gasteiger partial charge in [-0.15, -0.1) is 22.7 Å². The summed E-state index contributed by atoms with van der Waals surface area (Å²) < 4.78 is 21.8. The van der Waals surface area contributed by atoms with Gasteiger partial charge in [-0.05, 0) is 36.1 Å². The van der Waals surface area contributed by atoms with Crippen LogP contribution in [0.15, 0.2) is 39.6 Å². The lowest BCUT2D eigenvalue weighted by Crippen LogP contribution is -2.19. The van der Waals surface area contributed by atoms with E-state index in [1.54, 1.807) is 32.2 Å². The monoisotopic (exact) mass is 434 g/mol. The van der Waals surface area contributed by atoms with Crippen LogP contribution in [0.2, 0.25) is 0 Å². The number of fused-ring (bicyclic) bond motifs is 2. The largest absolute Gasteiger partial charge is 0.462 e. The molecule has 0 aliphatic carbocycles. The standard InChI is InChI=1S/C19H15FN2O3S3/c1-3-25-18(24)15-11(14-12(20)5-4-6-13(14)28-15)9-27-19-21-16-10(7-8-26-16)17(23)22(19)2/h4-8H,3,9H2,1-2H3. The summed E-state index contributed by atoms with van der Waals surface area (Å²) in [6.45, 7) is 1.98. The lowest BCUT2D eigenvalue weighted by atomic mass is 10.1. The van der Waals surface area contributed by atoms with E-state index in [0.717, 1.165) is 0 Å². The van der Waals surface area contributed by atoms with Gasteiger partial charge in [0.15, 0.2) is 5.16 Å². The van der Waals surface area contributed by atoms with Crippen LogP contribution in [0.4, 0.5) is 4.39 Å². The highest BCUT2D eigenvalue weighted by Gasteiger charge is 2.22. The number of halogens is 1. The van der Waals surface area contributed by atoms with Crippen molar-refractivity contribution in [2.45, 2.75) is 17.8 Å². The molecule has 5 nitrogen and oxygen atoms in total. The van der Waals surface area contributed by atoms with Gasteiger partial charge < -0.3 is 4.74 Å². The molecule has 9 heteroatoms. The number of benzene rings is 1. The van der Waals surface area contributed by atoms with E-state index in [9.17, 15) is 14.0 Å². The number of rotatable bonds is 5. The number of nitrogens with zero attached hydrogens (tertiary/aromatic N) is 2. The molecular formula is C19H15FN2O3S3. The van der Waals surface area contributed by atoms with Crippen molar-refractivity contribution < 1.29 is 13.9 Å². The fourth-order valence-electron chi connectivity index (χ4n) is 2.91. The van der Waals surface area contributed by atoms with Crippen molar-refractivity contribution in [1.29, 1.82) is 0 Å². The average molecular weight is 435 g/mol. The average Bonchev–Trinajstić information content (AvgIpc) is 3.29. The number of aromatic nitrogens is 2. The van der Waals surface area contributed by atoms with Crippen molar-refractivity contribution in [3.8, 4) is 0 Å². The lowest BCUT2D eigenvalue weighted by molar-refractivity contribution is 0.0531. The molecular weight excluding hydrogens is 419 g/mol. The molecule has 0 bridgehead atoms. The molecule has 0 spiro atoms. The van der Waals surface area contributed by atoms with Crippen molar-refractivity contribution in [2.75, 3.05) is 6.61 Å². The zero-order valence-electron chi connectivity index (χ0n) is 15.0. The highest BCUT2D eigenvalue weighted by atomic mass is 32.2. The lowest BCUT2D eigenvalue weighted by Gasteiger charge is -2.08. The van der Waals surface area contributed by atoms with Crippen LogP contribution in [-0.4, -0.2) is 22.1 Å². The Morgan fingerprint density at radius 3 is 2.96 bits per heavy atom. The normalized spacial score (nSPS) is 11.4. The maximum atomic E-state index is 14.5. The molecule has 0 aliphatic heterocycles. The minimum absolute atomic E-state index is 0.124. The highest BCUT2D eigenvalue weighted by Crippen LogP contribution is 2.37. The molecule has 3 heterocycles. The predicted octanol–water partition coefficient (Wildman–Crippen LogP) is 4.82. The smallest absolute Gasteiger partial charge is 0.348 e. The third-order valence-electron chi connectivity index (χ3n) is 4.23. The van der Waals surface area contributed by atoms with Crippen LogP contribution in [0.1, 0.15) is 22.2 Å². The first-order valence-electron chi connectivity index (χ1n) is 8.45. The van der Waals surface area contributed by atoms with Crippen LogP contribution >= 0.6 is 34.4 Å². The van der Waals surface area contributed by atoms with E-state index in [0.29, 0.717) is 41.7 Å². The van der Waals surface area contributed by atoms with Gasteiger partial charge >= 0.3 is 5.97 Å². The van der Waals surface area contributed by atoms with Crippen molar-refractivity contribution in [1.82, 2.24) is 9.55 Å². The topological polar surface area (TPSA) is 61.2 Å². The second-order valence-electron chi connectivity index (χ2n) is 5.93. The van der Waals surface area contributed by atoms with Crippen LogP contribution in [-0.2, 0) is 17.5 Å². The summed E-state index contributed by atoms with van der Waals surface area (Å²) in [6.07, 6.45) is 0. The van der Waals surface area contributed by atoms with Gasteiger partial charge in [0.1, 0.15) is 15.5 Å². The Bertz CT molecular complexity index is 1260. The summed E-state index contributed by atoms with van der Waals surface area (Å²) in [5, 5.41) is 3.35. The number of hydrogen-bond acceptors (Lipinski definition) is 7. The molecule has 0 aliphatic rings. The molecule has 0 saturated heterocycles. The summed E-state index contributed by atoms with van der Waals surface area (Å²) in [5.74, 6) is -0.545. The molecule has 144 valence electrons. The van der Waals surface area contributed by atoms with Crippen molar-refractivity contribution in [3.05, 3.63) is 56.3 Å². The summed E-state index contributed by atoms with van der Waals surface area (Å²) in [6, 6.07) is 6.54. The van der Waals surface area contributed by atoms with Gasteiger partial charge in [0.2, 0.25) is 0 Å².